The van der Waals surface area contributed by atoms with E-state index in [1.807, 2.05) is 4.90 Å². The van der Waals surface area contributed by atoms with Gasteiger partial charge in [0.15, 0.2) is 5.65 Å². The minimum Gasteiger partial charge on any atom is -0.350 e. The fourth-order valence-electron chi connectivity index (χ4n) is 5.47. The molecule has 3 aromatic rings. The van der Waals surface area contributed by atoms with Crippen LogP contribution in [0.1, 0.15) is 24.4 Å². The Morgan fingerprint density at radius 2 is 2.08 bits per heavy atom. The molecule has 3 fully saturated rings. The fraction of sp³-hybridized carbons (Fsp3) is 0.417. The quantitative estimate of drug-likeness (QED) is 0.512. The zero-order valence-electron chi connectivity index (χ0n) is 19.5. The van der Waals surface area contributed by atoms with Crippen molar-refractivity contribution in [2.45, 2.75) is 24.9 Å². The normalized spacial score (nSPS) is 24.1. The first-order valence-electron chi connectivity index (χ1n) is 12.1. The Morgan fingerprint density at radius 3 is 2.97 bits per heavy atom. The molecule has 10 nitrogen and oxygen atoms in total. The van der Waals surface area contributed by atoms with Crippen LogP contribution < -0.4 is 20.9 Å². The van der Waals surface area contributed by atoms with Gasteiger partial charge in [0.1, 0.15) is 23.1 Å². The van der Waals surface area contributed by atoms with Gasteiger partial charge >= 0.3 is 6.03 Å². The SMILES string of the molecule is O=C1CNCC2CN(C(=O)Nc3cnn4ccc(N5CCC[C@@H]5c5cc(F)ccc5F)nc34)CC2N1. The van der Waals surface area contributed by atoms with E-state index in [1.165, 1.54) is 12.3 Å². The smallest absolute Gasteiger partial charge is 0.322 e. The molecule has 3 atom stereocenters. The molecule has 2 unspecified atom stereocenters. The third kappa shape index (κ3) is 4.11. The van der Waals surface area contributed by atoms with Crippen molar-refractivity contribution in [3.05, 3.63) is 53.9 Å². The van der Waals surface area contributed by atoms with Crippen molar-refractivity contribution in [2.24, 2.45) is 5.92 Å². The standard InChI is InChI=1S/C24H26F2N8O2/c25-15-3-4-17(26)16(8-15)20-2-1-6-33(20)21-5-7-34-23(31-21)18(10-28-34)30-24(36)32-12-14-9-27-11-22(35)29-19(14)13-32/h3-5,7-8,10,14,19-20,27H,1-2,6,9,11-13H2,(H,29,35)(H,30,36)/t14?,19?,20-/m1/s1. The molecule has 5 heterocycles. The maximum absolute atomic E-state index is 14.5. The molecule has 6 rings (SSSR count). The van der Waals surface area contributed by atoms with Crippen molar-refractivity contribution < 1.29 is 18.4 Å². The average molecular weight is 497 g/mol. The predicted molar refractivity (Wildman–Crippen MR) is 128 cm³/mol. The Bertz CT molecular complexity index is 1330. The first-order valence-corrected chi connectivity index (χ1v) is 12.1. The zero-order valence-corrected chi connectivity index (χ0v) is 19.5. The molecule has 188 valence electrons. The van der Waals surface area contributed by atoms with Crippen molar-refractivity contribution in [2.75, 3.05) is 42.9 Å². The zero-order chi connectivity index (χ0) is 24.8. The number of hydrogen-bond donors (Lipinski definition) is 3. The molecule has 3 aliphatic heterocycles. The number of likely N-dealkylation sites (tertiary alicyclic amines) is 1. The Balaban J connectivity index is 1.22. The van der Waals surface area contributed by atoms with Crippen LogP contribution in [0.5, 0.6) is 0 Å². The maximum Gasteiger partial charge on any atom is 0.322 e. The van der Waals surface area contributed by atoms with E-state index in [2.05, 4.69) is 21.0 Å². The van der Waals surface area contributed by atoms with Crippen molar-refractivity contribution in [3.63, 3.8) is 0 Å². The molecule has 3 amide bonds. The topological polar surface area (TPSA) is 107 Å². The van der Waals surface area contributed by atoms with Crippen LogP contribution in [0, 0.1) is 17.6 Å². The highest BCUT2D eigenvalue weighted by molar-refractivity contribution is 5.93. The van der Waals surface area contributed by atoms with E-state index in [1.54, 1.807) is 21.7 Å². The Hall–Kier alpha value is -3.80. The number of urea groups is 1. The van der Waals surface area contributed by atoms with Crippen LogP contribution in [0.3, 0.4) is 0 Å². The number of amides is 3. The molecule has 0 bridgehead atoms. The van der Waals surface area contributed by atoms with E-state index >= 15 is 0 Å². The van der Waals surface area contributed by atoms with Gasteiger partial charge in [-0.15, -0.1) is 0 Å². The van der Waals surface area contributed by atoms with Crippen molar-refractivity contribution in [1.29, 1.82) is 0 Å². The van der Waals surface area contributed by atoms with Gasteiger partial charge in [0.25, 0.3) is 0 Å². The Morgan fingerprint density at radius 1 is 1.19 bits per heavy atom. The third-order valence-electron chi connectivity index (χ3n) is 7.23. The van der Waals surface area contributed by atoms with Gasteiger partial charge in [0, 0.05) is 43.9 Å². The number of fused-ring (bicyclic) bond motifs is 2. The lowest BCUT2D eigenvalue weighted by atomic mass is 10.0. The number of hydrogen-bond acceptors (Lipinski definition) is 6. The van der Waals surface area contributed by atoms with Crippen LogP contribution in [0.2, 0.25) is 0 Å². The second kappa shape index (κ2) is 9.01. The van der Waals surface area contributed by atoms with E-state index < -0.39 is 11.6 Å². The second-order valence-corrected chi connectivity index (χ2v) is 9.53. The van der Waals surface area contributed by atoms with Crippen LogP contribution in [-0.4, -0.2) is 70.2 Å². The number of carbonyl (C=O) groups excluding carboxylic acids is 2. The first-order chi connectivity index (χ1) is 17.5. The minimum atomic E-state index is -0.477. The highest BCUT2D eigenvalue weighted by Crippen LogP contribution is 2.37. The van der Waals surface area contributed by atoms with Gasteiger partial charge in [-0.3, -0.25) is 4.79 Å². The molecule has 3 N–H and O–H groups in total. The van der Waals surface area contributed by atoms with Crippen molar-refractivity contribution in [1.82, 2.24) is 30.1 Å². The van der Waals surface area contributed by atoms with E-state index in [0.29, 0.717) is 61.9 Å². The molecule has 3 saturated heterocycles. The molecule has 0 radical (unpaired) electrons. The number of nitrogens with zero attached hydrogens (tertiary/aromatic N) is 5. The molecule has 0 saturated carbocycles. The third-order valence-corrected chi connectivity index (χ3v) is 7.23. The van der Waals surface area contributed by atoms with Gasteiger partial charge in [-0.05, 0) is 37.1 Å². The molecule has 1 aromatic carbocycles. The van der Waals surface area contributed by atoms with Crippen molar-refractivity contribution in [3.8, 4) is 0 Å². The number of benzene rings is 1. The van der Waals surface area contributed by atoms with E-state index in [9.17, 15) is 18.4 Å². The Kier molecular flexibility index (Phi) is 5.67. The van der Waals surface area contributed by atoms with Crippen LogP contribution in [-0.2, 0) is 4.79 Å². The van der Waals surface area contributed by atoms with Gasteiger partial charge in [-0.1, -0.05) is 0 Å². The van der Waals surface area contributed by atoms with Crippen molar-refractivity contribution >= 4 is 29.1 Å². The second-order valence-electron chi connectivity index (χ2n) is 9.53. The van der Waals surface area contributed by atoms with Gasteiger partial charge in [0.2, 0.25) is 5.91 Å². The van der Waals surface area contributed by atoms with E-state index in [4.69, 9.17) is 4.98 Å². The molecule has 2 aromatic heterocycles. The van der Waals surface area contributed by atoms with Crippen LogP contribution in [0.25, 0.3) is 5.65 Å². The maximum atomic E-state index is 14.5. The summed E-state index contributed by atoms with van der Waals surface area (Å²) in [5, 5.41) is 13.3. The summed E-state index contributed by atoms with van der Waals surface area (Å²) >= 11 is 0. The summed E-state index contributed by atoms with van der Waals surface area (Å²) in [4.78, 5) is 33.3. The molecular formula is C24H26F2N8O2. The van der Waals surface area contributed by atoms with E-state index in [0.717, 1.165) is 18.6 Å². The fourth-order valence-corrected chi connectivity index (χ4v) is 5.47. The number of rotatable bonds is 3. The number of halogens is 2. The highest BCUT2D eigenvalue weighted by Gasteiger charge is 2.37. The summed E-state index contributed by atoms with van der Waals surface area (Å²) in [6, 6.07) is 4.59. The Labute approximate surface area is 205 Å². The monoisotopic (exact) mass is 496 g/mol. The largest absolute Gasteiger partial charge is 0.350 e. The summed E-state index contributed by atoms with van der Waals surface area (Å²) in [6.45, 7) is 2.56. The average Bonchev–Trinajstić information content (AvgIpc) is 3.57. The summed E-state index contributed by atoms with van der Waals surface area (Å²) in [5.41, 5.74) is 1.21. The van der Waals surface area contributed by atoms with Gasteiger partial charge in [-0.25, -0.2) is 23.1 Å². The summed E-state index contributed by atoms with van der Waals surface area (Å²) in [7, 11) is 0. The number of carbonyl (C=O) groups is 2. The van der Waals surface area contributed by atoms with Gasteiger partial charge < -0.3 is 25.8 Å². The van der Waals surface area contributed by atoms with Crippen LogP contribution >= 0.6 is 0 Å². The first kappa shape index (κ1) is 22.7. The summed E-state index contributed by atoms with van der Waals surface area (Å²) < 4.78 is 29.9. The molecular weight excluding hydrogens is 470 g/mol. The van der Waals surface area contributed by atoms with Crippen LogP contribution in [0.4, 0.5) is 25.1 Å². The molecule has 3 aliphatic rings. The van der Waals surface area contributed by atoms with E-state index in [-0.39, 0.29) is 29.9 Å². The lowest BCUT2D eigenvalue weighted by Crippen LogP contribution is -2.41. The molecule has 0 spiro atoms. The minimum absolute atomic E-state index is 0.0672. The lowest BCUT2D eigenvalue weighted by molar-refractivity contribution is -0.120. The number of nitrogens with one attached hydrogen (secondary N) is 3. The predicted octanol–water partition coefficient (Wildman–Crippen LogP) is 1.90. The molecule has 36 heavy (non-hydrogen) atoms. The lowest BCUT2D eigenvalue weighted by Gasteiger charge is -2.26. The number of anilines is 2. The molecule has 12 heteroatoms. The molecule has 0 aliphatic carbocycles. The van der Waals surface area contributed by atoms with Crippen LogP contribution in [0.15, 0.2) is 36.7 Å². The highest BCUT2D eigenvalue weighted by atomic mass is 19.1. The summed E-state index contributed by atoms with van der Waals surface area (Å²) in [6.07, 6.45) is 4.77. The summed E-state index contributed by atoms with van der Waals surface area (Å²) in [5.74, 6) is -0.245. The van der Waals surface area contributed by atoms with Gasteiger partial charge in [-0.2, -0.15) is 5.10 Å². The number of aromatic nitrogens is 3. The van der Waals surface area contributed by atoms with Gasteiger partial charge in [0.05, 0.1) is 24.8 Å².